The van der Waals surface area contributed by atoms with Crippen molar-refractivity contribution in [1.82, 2.24) is 5.32 Å². The van der Waals surface area contributed by atoms with Gasteiger partial charge in [0.15, 0.2) is 0 Å². The lowest BCUT2D eigenvalue weighted by Crippen LogP contribution is -2.27. The van der Waals surface area contributed by atoms with E-state index in [4.69, 9.17) is 16.3 Å². The molecule has 1 N–H and O–H groups in total. The number of benzene rings is 2. The topological polar surface area (TPSA) is 55.4 Å². The van der Waals surface area contributed by atoms with Crippen molar-refractivity contribution in [2.75, 3.05) is 7.11 Å². The highest BCUT2D eigenvalue weighted by Gasteiger charge is 2.26. The van der Waals surface area contributed by atoms with Gasteiger partial charge in [0.2, 0.25) is 0 Å². The first kappa shape index (κ1) is 15.6. The molecule has 0 fully saturated rings. The third kappa shape index (κ3) is 3.08. The van der Waals surface area contributed by atoms with Crippen molar-refractivity contribution in [2.24, 2.45) is 0 Å². The Hall–Kier alpha value is -2.33. The summed E-state index contributed by atoms with van der Waals surface area (Å²) in [6.07, 6.45) is 1.67. The quantitative estimate of drug-likeness (QED) is 0.876. The minimum atomic E-state index is -0.379. The predicted octanol–water partition coefficient (Wildman–Crippen LogP) is 3.54. The highest BCUT2D eigenvalue weighted by atomic mass is 35.5. The third-order valence-corrected chi connectivity index (χ3v) is 4.40. The summed E-state index contributed by atoms with van der Waals surface area (Å²) in [6.45, 7) is 0. The summed E-state index contributed by atoms with van der Waals surface area (Å²) in [5.74, 6) is -0.590. The summed E-state index contributed by atoms with van der Waals surface area (Å²) in [5.41, 5.74) is 3.05. The van der Waals surface area contributed by atoms with Crippen LogP contribution in [0.5, 0.6) is 0 Å². The maximum atomic E-state index is 12.4. The van der Waals surface area contributed by atoms with E-state index in [2.05, 4.69) is 5.32 Å². The zero-order valence-electron chi connectivity index (χ0n) is 12.6. The number of ether oxygens (including phenoxy) is 1. The Morgan fingerprint density at radius 2 is 2.00 bits per heavy atom. The second-order valence-electron chi connectivity index (χ2n) is 5.45. The van der Waals surface area contributed by atoms with Crippen molar-refractivity contribution in [2.45, 2.75) is 18.9 Å². The Bertz CT molecular complexity index is 773. The normalized spacial score (nSPS) is 15.8. The van der Waals surface area contributed by atoms with Crippen LogP contribution in [0.4, 0.5) is 0 Å². The first-order chi connectivity index (χ1) is 11.1. The van der Waals surface area contributed by atoms with Crippen LogP contribution in [0, 0.1) is 0 Å². The highest BCUT2D eigenvalue weighted by molar-refractivity contribution is 6.33. The van der Waals surface area contributed by atoms with E-state index in [1.54, 1.807) is 36.4 Å². The number of esters is 1. The lowest BCUT2D eigenvalue weighted by Gasteiger charge is -2.15. The van der Waals surface area contributed by atoms with Crippen LogP contribution < -0.4 is 5.32 Å². The van der Waals surface area contributed by atoms with Crippen LogP contribution in [-0.4, -0.2) is 19.0 Å². The van der Waals surface area contributed by atoms with Gasteiger partial charge in [0.1, 0.15) is 0 Å². The molecule has 0 saturated carbocycles. The Balaban J connectivity index is 1.83. The fraction of sp³-hybridized carbons (Fsp3) is 0.222. The van der Waals surface area contributed by atoms with Crippen LogP contribution in [0.3, 0.4) is 0 Å². The molecule has 23 heavy (non-hydrogen) atoms. The number of aryl methyl sites for hydroxylation is 1. The molecule has 1 atom stereocenters. The molecule has 1 aliphatic carbocycles. The molecule has 4 nitrogen and oxygen atoms in total. The second kappa shape index (κ2) is 6.42. The molecule has 0 spiro atoms. The van der Waals surface area contributed by atoms with Crippen molar-refractivity contribution < 1.29 is 14.3 Å². The Morgan fingerprint density at radius 3 is 2.74 bits per heavy atom. The van der Waals surface area contributed by atoms with Crippen LogP contribution in [0.1, 0.15) is 44.3 Å². The van der Waals surface area contributed by atoms with E-state index >= 15 is 0 Å². The molecule has 118 valence electrons. The van der Waals surface area contributed by atoms with Crippen LogP contribution in [0.15, 0.2) is 42.5 Å². The zero-order valence-corrected chi connectivity index (χ0v) is 13.4. The van der Waals surface area contributed by atoms with E-state index in [0.717, 1.165) is 24.0 Å². The van der Waals surface area contributed by atoms with Crippen molar-refractivity contribution >= 4 is 23.5 Å². The van der Waals surface area contributed by atoms with Crippen LogP contribution in [0.25, 0.3) is 0 Å². The number of nitrogens with one attached hydrogen (secondary N) is 1. The van der Waals surface area contributed by atoms with Gasteiger partial charge < -0.3 is 10.1 Å². The number of carbonyl (C=O) groups is 2. The summed E-state index contributed by atoms with van der Waals surface area (Å²) in [4.78, 5) is 24.1. The molecule has 0 heterocycles. The van der Waals surface area contributed by atoms with Crippen LogP contribution >= 0.6 is 11.6 Å². The summed E-state index contributed by atoms with van der Waals surface area (Å²) >= 11 is 6.07. The van der Waals surface area contributed by atoms with E-state index in [1.165, 1.54) is 7.11 Å². The summed E-state index contributed by atoms with van der Waals surface area (Å²) < 4.78 is 4.75. The van der Waals surface area contributed by atoms with Crippen molar-refractivity contribution in [1.29, 1.82) is 0 Å². The van der Waals surface area contributed by atoms with E-state index in [9.17, 15) is 9.59 Å². The number of hydrogen-bond acceptors (Lipinski definition) is 3. The van der Waals surface area contributed by atoms with Gasteiger partial charge in [-0.25, -0.2) is 4.79 Å². The number of methoxy groups -OCH3 is 1. The minimum absolute atomic E-state index is 0.127. The van der Waals surface area contributed by atoms with Crippen molar-refractivity contribution in [3.8, 4) is 0 Å². The van der Waals surface area contributed by atoms with E-state index in [0.29, 0.717) is 16.1 Å². The minimum Gasteiger partial charge on any atom is -0.465 e. The number of amides is 1. The summed E-state index contributed by atoms with van der Waals surface area (Å²) in [7, 11) is 1.35. The lowest BCUT2D eigenvalue weighted by molar-refractivity contribution is 0.0600. The largest absolute Gasteiger partial charge is 0.465 e. The van der Waals surface area contributed by atoms with Crippen molar-refractivity contribution in [3.63, 3.8) is 0 Å². The summed E-state index contributed by atoms with van der Waals surface area (Å²) in [5, 5.41) is 3.42. The standard InChI is InChI=1S/C18H16ClNO3/c1-23-18(22)12-7-6-11-8-9-16(14(11)10-12)20-17(21)13-4-2-3-5-15(13)19/h2-7,10,16H,8-9H2,1H3,(H,20,21). The number of carbonyl (C=O) groups excluding carboxylic acids is 2. The fourth-order valence-electron chi connectivity index (χ4n) is 2.88. The first-order valence-corrected chi connectivity index (χ1v) is 7.74. The molecule has 5 heteroatoms. The molecule has 1 amide bonds. The van der Waals surface area contributed by atoms with E-state index in [1.807, 2.05) is 6.07 Å². The maximum absolute atomic E-state index is 12.4. The molecule has 2 aromatic rings. The molecule has 0 aromatic heterocycles. The smallest absolute Gasteiger partial charge is 0.337 e. The molecule has 0 saturated heterocycles. The number of hydrogen-bond donors (Lipinski definition) is 1. The van der Waals surface area contributed by atoms with Crippen LogP contribution in [-0.2, 0) is 11.2 Å². The summed E-state index contributed by atoms with van der Waals surface area (Å²) in [6, 6.07) is 12.3. The lowest BCUT2D eigenvalue weighted by atomic mass is 10.0. The number of halogens is 1. The Kier molecular flexibility index (Phi) is 4.35. The molecule has 1 unspecified atom stereocenters. The van der Waals surface area contributed by atoms with Gasteiger partial charge in [-0.15, -0.1) is 0 Å². The van der Waals surface area contributed by atoms with Crippen LogP contribution in [0.2, 0.25) is 5.02 Å². The fourth-order valence-corrected chi connectivity index (χ4v) is 3.10. The van der Waals surface area contributed by atoms with E-state index < -0.39 is 0 Å². The number of rotatable bonds is 3. The van der Waals surface area contributed by atoms with Gasteiger partial charge in [0, 0.05) is 0 Å². The third-order valence-electron chi connectivity index (χ3n) is 4.07. The van der Waals surface area contributed by atoms with Gasteiger partial charge in [0.05, 0.1) is 29.3 Å². The maximum Gasteiger partial charge on any atom is 0.337 e. The number of fused-ring (bicyclic) bond motifs is 1. The van der Waals surface area contributed by atoms with Gasteiger partial charge in [-0.1, -0.05) is 29.8 Å². The Morgan fingerprint density at radius 1 is 1.22 bits per heavy atom. The molecular weight excluding hydrogens is 314 g/mol. The first-order valence-electron chi connectivity index (χ1n) is 7.36. The van der Waals surface area contributed by atoms with Gasteiger partial charge in [-0.2, -0.15) is 0 Å². The van der Waals surface area contributed by atoms with E-state index in [-0.39, 0.29) is 17.9 Å². The highest BCUT2D eigenvalue weighted by Crippen LogP contribution is 2.32. The molecule has 3 rings (SSSR count). The molecular formula is C18H16ClNO3. The molecule has 1 aliphatic rings. The Labute approximate surface area is 139 Å². The molecule has 2 aromatic carbocycles. The van der Waals surface area contributed by atoms with Gasteiger partial charge in [-0.3, -0.25) is 4.79 Å². The van der Waals surface area contributed by atoms with Crippen molar-refractivity contribution in [3.05, 3.63) is 69.7 Å². The average molecular weight is 330 g/mol. The monoisotopic (exact) mass is 329 g/mol. The molecule has 0 aliphatic heterocycles. The molecule has 0 radical (unpaired) electrons. The van der Waals surface area contributed by atoms with Gasteiger partial charge in [-0.05, 0) is 48.2 Å². The van der Waals surface area contributed by atoms with Gasteiger partial charge >= 0.3 is 5.97 Å². The molecule has 0 bridgehead atoms. The predicted molar refractivity (Wildman–Crippen MR) is 87.8 cm³/mol. The second-order valence-corrected chi connectivity index (χ2v) is 5.86. The SMILES string of the molecule is COC(=O)c1ccc2c(c1)C(NC(=O)c1ccccc1Cl)CC2. The zero-order chi connectivity index (χ0) is 16.4. The average Bonchev–Trinajstić information content (AvgIpc) is 2.96. The van der Waals surface area contributed by atoms with Gasteiger partial charge in [0.25, 0.3) is 5.91 Å².